The molecule has 2 nitrogen and oxygen atoms in total. The highest BCUT2D eigenvalue weighted by Gasteiger charge is 2.47. The molecule has 15 rings (SSSR count). The first-order valence-electron chi connectivity index (χ1n) is 23.7. The summed E-state index contributed by atoms with van der Waals surface area (Å²) in [6.07, 6.45) is 1.98. The Balaban J connectivity index is 1.08. The molecule has 2 aromatic heterocycles. The molecular formula is C62H41BN2S2. The third-order valence-corrected chi connectivity index (χ3v) is 17.5. The number of thiophene rings is 2. The van der Waals surface area contributed by atoms with Crippen molar-refractivity contribution in [3.8, 4) is 0 Å². The van der Waals surface area contributed by atoms with Crippen molar-refractivity contribution in [2.24, 2.45) is 0 Å². The van der Waals surface area contributed by atoms with E-state index in [1.165, 1.54) is 145 Å². The van der Waals surface area contributed by atoms with Crippen LogP contribution in [0.2, 0.25) is 0 Å². The highest BCUT2D eigenvalue weighted by atomic mass is 32.1. The van der Waals surface area contributed by atoms with Crippen LogP contribution in [0.15, 0.2) is 188 Å². The van der Waals surface area contributed by atoms with Gasteiger partial charge in [-0.1, -0.05) is 147 Å². The lowest BCUT2D eigenvalue weighted by Crippen LogP contribution is -2.59. The highest BCUT2D eigenvalue weighted by molar-refractivity contribution is 7.40. The maximum Gasteiger partial charge on any atom is 0.277 e. The van der Waals surface area contributed by atoms with Crippen LogP contribution in [0.4, 0.5) is 34.1 Å². The molecule has 0 N–H and O–H groups in total. The summed E-state index contributed by atoms with van der Waals surface area (Å²) in [5, 5.41) is 18.1. The fourth-order valence-electron chi connectivity index (χ4n) is 12.1. The Kier molecular flexibility index (Phi) is 7.91. The van der Waals surface area contributed by atoms with Crippen LogP contribution < -0.4 is 24.8 Å². The first-order valence-corrected chi connectivity index (χ1v) is 25.3. The van der Waals surface area contributed by atoms with Crippen molar-refractivity contribution in [2.75, 3.05) is 9.80 Å². The SMILES string of the molecule is CCc1ccc2sc3c(c2c1)N(c1ccc2c4ccccc4c4ccccc4c2c1)c1cccc2c1B3c1sc3ccc(CC)cc3c1N2c1cccc2c3ccccc3c3ccccc3c12. The average Bonchev–Trinajstić information content (AvgIpc) is 3.96. The van der Waals surface area contributed by atoms with Gasteiger partial charge in [-0.15, -0.1) is 22.7 Å². The minimum absolute atomic E-state index is 0.0615. The highest BCUT2D eigenvalue weighted by Crippen LogP contribution is 2.53. The molecule has 2 aliphatic heterocycles. The molecule has 0 saturated carbocycles. The number of anilines is 6. The number of hydrogen-bond acceptors (Lipinski definition) is 4. The number of benzene rings is 11. The van der Waals surface area contributed by atoms with E-state index in [2.05, 4.69) is 212 Å². The van der Waals surface area contributed by atoms with Crippen LogP contribution in [0.1, 0.15) is 25.0 Å². The first kappa shape index (κ1) is 37.8. The van der Waals surface area contributed by atoms with E-state index < -0.39 is 0 Å². The first-order chi connectivity index (χ1) is 33.2. The van der Waals surface area contributed by atoms with Gasteiger partial charge in [0.2, 0.25) is 0 Å². The Labute approximate surface area is 396 Å². The van der Waals surface area contributed by atoms with Crippen LogP contribution in [-0.2, 0) is 12.8 Å². The predicted octanol–water partition coefficient (Wildman–Crippen LogP) is 16.2. The maximum absolute atomic E-state index is 2.68. The second-order valence-corrected chi connectivity index (χ2v) is 20.6. The largest absolute Gasteiger partial charge is 0.310 e. The summed E-state index contributed by atoms with van der Waals surface area (Å²) in [7, 11) is 0. The molecule has 11 aromatic carbocycles. The number of hydrogen-bond donors (Lipinski definition) is 0. The Morgan fingerprint density at radius 1 is 0.358 bits per heavy atom. The van der Waals surface area contributed by atoms with Crippen molar-refractivity contribution < 1.29 is 0 Å². The summed E-state index contributed by atoms with van der Waals surface area (Å²) in [6.45, 7) is 4.62. The summed E-state index contributed by atoms with van der Waals surface area (Å²) in [4.78, 5) is 5.32. The van der Waals surface area contributed by atoms with Gasteiger partial charge in [0.05, 0.1) is 17.1 Å². The quantitative estimate of drug-likeness (QED) is 0.128. The molecule has 0 radical (unpaired) electrons. The molecule has 0 unspecified atom stereocenters. The van der Waals surface area contributed by atoms with Crippen LogP contribution in [0.3, 0.4) is 0 Å². The van der Waals surface area contributed by atoms with Crippen molar-refractivity contribution in [1.29, 1.82) is 0 Å². The zero-order chi connectivity index (χ0) is 44.1. The van der Waals surface area contributed by atoms with Gasteiger partial charge in [0.25, 0.3) is 6.71 Å². The molecule has 0 fully saturated rings. The van der Waals surface area contributed by atoms with Gasteiger partial charge in [-0.25, -0.2) is 0 Å². The predicted molar refractivity (Wildman–Crippen MR) is 295 cm³/mol. The van der Waals surface area contributed by atoms with Crippen molar-refractivity contribution in [3.05, 3.63) is 199 Å². The van der Waals surface area contributed by atoms with Crippen LogP contribution in [0.5, 0.6) is 0 Å². The molecule has 4 heterocycles. The van der Waals surface area contributed by atoms with E-state index >= 15 is 0 Å². The van der Waals surface area contributed by atoms with Gasteiger partial charge in [-0.05, 0) is 143 Å². The molecule has 0 atom stereocenters. The summed E-state index contributed by atoms with van der Waals surface area (Å²) in [5.41, 5.74) is 11.7. The van der Waals surface area contributed by atoms with E-state index in [4.69, 9.17) is 0 Å². The second kappa shape index (κ2) is 14.0. The van der Waals surface area contributed by atoms with Gasteiger partial charge in [-0.3, -0.25) is 0 Å². The lowest BCUT2D eigenvalue weighted by atomic mass is 9.39. The molecule has 67 heavy (non-hydrogen) atoms. The van der Waals surface area contributed by atoms with Crippen molar-refractivity contribution in [3.63, 3.8) is 0 Å². The summed E-state index contributed by atoms with van der Waals surface area (Å²) in [5.74, 6) is 0. The zero-order valence-corrected chi connectivity index (χ0v) is 38.7. The maximum atomic E-state index is 2.68. The molecular weight excluding hydrogens is 848 g/mol. The van der Waals surface area contributed by atoms with Crippen LogP contribution in [0, 0.1) is 0 Å². The van der Waals surface area contributed by atoms with E-state index in [0.717, 1.165) is 12.8 Å². The van der Waals surface area contributed by atoms with Crippen LogP contribution >= 0.6 is 22.7 Å². The van der Waals surface area contributed by atoms with Gasteiger partial charge in [0.1, 0.15) is 0 Å². The van der Waals surface area contributed by atoms with Gasteiger partial charge in [0, 0.05) is 52.2 Å². The Bertz CT molecular complexity index is 4210. The number of fused-ring (bicyclic) bond motifs is 20. The third-order valence-electron chi connectivity index (χ3n) is 15.1. The summed E-state index contributed by atoms with van der Waals surface area (Å²) < 4.78 is 5.52. The van der Waals surface area contributed by atoms with Crippen molar-refractivity contribution in [1.82, 2.24) is 0 Å². The molecule has 0 saturated heterocycles. The number of rotatable bonds is 4. The van der Waals surface area contributed by atoms with E-state index in [-0.39, 0.29) is 6.71 Å². The monoisotopic (exact) mass is 888 g/mol. The van der Waals surface area contributed by atoms with Gasteiger partial charge < -0.3 is 9.80 Å². The minimum atomic E-state index is 0.0615. The summed E-state index contributed by atoms with van der Waals surface area (Å²) in [6, 6.07) is 71.8. The van der Waals surface area contributed by atoms with E-state index in [1.807, 2.05) is 22.7 Å². The fourth-order valence-corrected chi connectivity index (χ4v) is 14.8. The van der Waals surface area contributed by atoms with Crippen LogP contribution in [0.25, 0.3) is 84.8 Å². The van der Waals surface area contributed by atoms with E-state index in [1.54, 1.807) is 0 Å². The van der Waals surface area contributed by atoms with Crippen molar-refractivity contribution >= 4 is 163 Å². The average molecular weight is 889 g/mol. The smallest absolute Gasteiger partial charge is 0.277 e. The lowest BCUT2D eigenvalue weighted by Gasteiger charge is -2.42. The molecule has 0 spiro atoms. The zero-order valence-electron chi connectivity index (χ0n) is 37.1. The Morgan fingerprint density at radius 3 is 1.31 bits per heavy atom. The summed E-state index contributed by atoms with van der Waals surface area (Å²) >= 11 is 3.99. The molecule has 5 heteroatoms. The molecule has 0 aliphatic carbocycles. The second-order valence-electron chi connectivity index (χ2n) is 18.4. The topological polar surface area (TPSA) is 6.48 Å². The van der Waals surface area contributed by atoms with Gasteiger partial charge in [0.15, 0.2) is 0 Å². The minimum Gasteiger partial charge on any atom is -0.310 e. The lowest BCUT2D eigenvalue weighted by molar-refractivity contribution is 1.15. The standard InChI is InChI=1S/C62H41BN2S2/c1-3-36-27-31-55-50(33-36)59-61(66-55)63-58-53(64(59)38-29-30-46-41-17-6-5-15-39(41)40-16-8-10-21-45(40)49(46)35-38)25-14-26-54(58)65(60-51-34-37(4-2)28-32-56(51)67-62(60)63)52-24-13-23-48-44-19-9-7-18-42(44)43-20-11-12-22-47(43)57(48)52/h5-35H,3-4H2,1-2H3. The number of aryl methyl sites for hydroxylation is 2. The molecule has 13 aromatic rings. The molecule has 0 bridgehead atoms. The van der Waals surface area contributed by atoms with Crippen molar-refractivity contribution in [2.45, 2.75) is 26.7 Å². The van der Waals surface area contributed by atoms with Gasteiger partial charge in [-0.2, -0.15) is 0 Å². The normalized spacial score (nSPS) is 13.3. The fraction of sp³-hybridized carbons (Fsp3) is 0.0645. The van der Waals surface area contributed by atoms with Gasteiger partial charge >= 0.3 is 0 Å². The Morgan fingerprint density at radius 2 is 0.776 bits per heavy atom. The molecule has 0 amide bonds. The molecule has 2 aliphatic rings. The van der Waals surface area contributed by atoms with E-state index in [9.17, 15) is 0 Å². The van der Waals surface area contributed by atoms with Crippen LogP contribution in [-0.4, -0.2) is 6.71 Å². The number of nitrogens with zero attached hydrogens (tertiary/aromatic N) is 2. The molecule has 314 valence electrons. The Hall–Kier alpha value is -7.44. The van der Waals surface area contributed by atoms with E-state index in [0.29, 0.717) is 0 Å². The third kappa shape index (κ3) is 5.11.